The van der Waals surface area contributed by atoms with Gasteiger partial charge in [0, 0.05) is 18.1 Å². The summed E-state index contributed by atoms with van der Waals surface area (Å²) in [5.74, 6) is -0.854. The minimum Gasteiger partial charge on any atom is -0.306 e. The second-order valence-electron chi connectivity index (χ2n) is 3.55. The number of carbonyl (C=O) groups is 1. The van der Waals surface area contributed by atoms with E-state index < -0.39 is 17.7 Å². The molecule has 86 valence electrons. The van der Waals surface area contributed by atoms with Gasteiger partial charge >= 0.3 is 0 Å². The van der Waals surface area contributed by atoms with Gasteiger partial charge in [-0.3, -0.25) is 4.79 Å². The van der Waals surface area contributed by atoms with E-state index in [1.165, 1.54) is 12.1 Å². The lowest BCUT2D eigenvalue weighted by Gasteiger charge is -2.22. The third-order valence-electron chi connectivity index (χ3n) is 2.46. The molecule has 1 heterocycles. The van der Waals surface area contributed by atoms with Gasteiger partial charge < -0.3 is 5.32 Å². The van der Waals surface area contributed by atoms with Crippen LogP contribution < -0.4 is 5.32 Å². The summed E-state index contributed by atoms with van der Waals surface area (Å²) in [6.07, 6.45) is 0. The van der Waals surface area contributed by atoms with Gasteiger partial charge in [0.2, 0.25) is 0 Å². The highest BCUT2D eigenvalue weighted by Gasteiger charge is 2.25. The van der Waals surface area contributed by atoms with Crippen molar-refractivity contribution in [2.24, 2.45) is 0 Å². The molecule has 1 atom stereocenters. The Hall–Kier alpha value is -0.940. The first kappa shape index (κ1) is 11.5. The number of nitrogens with one attached hydrogen (secondary N) is 1. The fourth-order valence-corrected chi connectivity index (χ4v) is 2.55. The van der Waals surface area contributed by atoms with Crippen LogP contribution in [0.2, 0.25) is 0 Å². The molecule has 0 spiro atoms. The number of benzene rings is 1. The second kappa shape index (κ2) is 4.93. The monoisotopic (exact) mass is 243 g/mol. The van der Waals surface area contributed by atoms with Crippen LogP contribution in [0, 0.1) is 11.6 Å². The van der Waals surface area contributed by atoms with E-state index in [-0.39, 0.29) is 11.3 Å². The van der Waals surface area contributed by atoms with Gasteiger partial charge in [0.15, 0.2) is 17.4 Å². The molecule has 0 aromatic heterocycles. The first-order chi connectivity index (χ1) is 7.70. The highest BCUT2D eigenvalue weighted by molar-refractivity contribution is 7.99. The largest absolute Gasteiger partial charge is 0.306 e. The van der Waals surface area contributed by atoms with E-state index in [4.69, 9.17) is 0 Å². The zero-order valence-corrected chi connectivity index (χ0v) is 9.32. The lowest BCUT2D eigenvalue weighted by molar-refractivity contribution is 0.0948. The molecule has 0 saturated carbocycles. The van der Waals surface area contributed by atoms with Crippen LogP contribution in [0.5, 0.6) is 0 Å². The fourth-order valence-electron chi connectivity index (χ4n) is 1.62. The van der Waals surface area contributed by atoms with Crippen molar-refractivity contribution in [1.29, 1.82) is 0 Å². The van der Waals surface area contributed by atoms with Gasteiger partial charge in [-0.25, -0.2) is 8.78 Å². The van der Waals surface area contributed by atoms with Crippen LogP contribution in [0.3, 0.4) is 0 Å². The van der Waals surface area contributed by atoms with Crippen LogP contribution in [0.1, 0.15) is 10.4 Å². The van der Waals surface area contributed by atoms with Gasteiger partial charge in [0.1, 0.15) is 0 Å². The second-order valence-corrected chi connectivity index (χ2v) is 4.70. The van der Waals surface area contributed by atoms with Gasteiger partial charge in [-0.15, -0.1) is 0 Å². The maximum Gasteiger partial charge on any atom is 0.183 e. The molecular formula is C11H11F2NOS. The van der Waals surface area contributed by atoms with E-state index in [2.05, 4.69) is 5.32 Å². The first-order valence-electron chi connectivity index (χ1n) is 4.99. The Bertz CT molecular complexity index is 405. The summed E-state index contributed by atoms with van der Waals surface area (Å²) in [6, 6.07) is 3.27. The molecule has 1 unspecified atom stereocenters. The molecule has 5 heteroatoms. The molecule has 1 aromatic carbocycles. The number of halogens is 2. The zero-order chi connectivity index (χ0) is 11.5. The van der Waals surface area contributed by atoms with Crippen molar-refractivity contribution in [3.05, 3.63) is 35.4 Å². The van der Waals surface area contributed by atoms with Crippen LogP contribution in [0.15, 0.2) is 18.2 Å². The average Bonchev–Trinajstić information content (AvgIpc) is 2.33. The van der Waals surface area contributed by atoms with Gasteiger partial charge in [0.25, 0.3) is 0 Å². The number of Topliss-reactive ketones (excluding diaryl/α,β-unsaturated/α-hetero) is 1. The highest BCUT2D eigenvalue weighted by atomic mass is 32.2. The molecule has 0 radical (unpaired) electrons. The van der Waals surface area contributed by atoms with Crippen molar-refractivity contribution in [3.8, 4) is 0 Å². The van der Waals surface area contributed by atoms with Crippen molar-refractivity contribution < 1.29 is 13.6 Å². The number of thioether (sulfide) groups is 1. The topological polar surface area (TPSA) is 29.1 Å². The summed E-state index contributed by atoms with van der Waals surface area (Å²) in [5.41, 5.74) is -0.167. The standard InChI is InChI=1S/C11H11F2NOS/c12-8-3-1-2-7(10(8)13)11(15)9-6-16-5-4-14-9/h1-3,9,14H,4-6H2. The smallest absolute Gasteiger partial charge is 0.183 e. The Morgan fingerprint density at radius 2 is 2.25 bits per heavy atom. The number of hydrogen-bond acceptors (Lipinski definition) is 3. The van der Waals surface area contributed by atoms with Gasteiger partial charge in [-0.05, 0) is 12.1 Å². The van der Waals surface area contributed by atoms with Crippen LogP contribution in [-0.4, -0.2) is 29.9 Å². The Morgan fingerprint density at radius 3 is 2.94 bits per heavy atom. The lowest BCUT2D eigenvalue weighted by Crippen LogP contribution is -2.43. The highest BCUT2D eigenvalue weighted by Crippen LogP contribution is 2.17. The summed E-state index contributed by atoms with van der Waals surface area (Å²) in [5, 5.41) is 3.00. The van der Waals surface area contributed by atoms with Crippen molar-refractivity contribution in [1.82, 2.24) is 5.32 Å². The van der Waals surface area contributed by atoms with Gasteiger partial charge in [-0.2, -0.15) is 11.8 Å². The number of ketones is 1. The molecule has 0 amide bonds. The third kappa shape index (κ3) is 2.25. The summed E-state index contributed by atoms with van der Waals surface area (Å²) < 4.78 is 26.3. The summed E-state index contributed by atoms with van der Waals surface area (Å²) >= 11 is 1.64. The van der Waals surface area contributed by atoms with Crippen molar-refractivity contribution in [3.63, 3.8) is 0 Å². The summed E-state index contributed by atoms with van der Waals surface area (Å²) in [7, 11) is 0. The number of rotatable bonds is 2. The number of hydrogen-bond donors (Lipinski definition) is 1. The molecule has 1 saturated heterocycles. The first-order valence-corrected chi connectivity index (χ1v) is 6.15. The predicted molar refractivity (Wildman–Crippen MR) is 59.8 cm³/mol. The van der Waals surface area contributed by atoms with Crippen molar-refractivity contribution in [2.45, 2.75) is 6.04 Å². The van der Waals surface area contributed by atoms with E-state index in [9.17, 15) is 13.6 Å². The molecular weight excluding hydrogens is 232 g/mol. The van der Waals surface area contributed by atoms with Crippen molar-refractivity contribution >= 4 is 17.5 Å². The SMILES string of the molecule is O=C(c1cccc(F)c1F)C1CSCCN1. The predicted octanol–water partition coefficient (Wildman–Crippen LogP) is 1.85. The Balaban J connectivity index is 2.22. The Labute approximate surface area is 96.4 Å². The zero-order valence-electron chi connectivity index (χ0n) is 8.50. The molecule has 2 rings (SSSR count). The van der Waals surface area contributed by atoms with Crippen LogP contribution in [0.25, 0.3) is 0 Å². The summed E-state index contributed by atoms with van der Waals surface area (Å²) in [6.45, 7) is 0.720. The van der Waals surface area contributed by atoms with E-state index >= 15 is 0 Å². The van der Waals surface area contributed by atoms with Crippen molar-refractivity contribution in [2.75, 3.05) is 18.1 Å². The third-order valence-corrected chi connectivity index (χ3v) is 3.52. The van der Waals surface area contributed by atoms with E-state index in [1.807, 2.05) is 0 Å². The molecule has 1 aliphatic heterocycles. The molecule has 1 aromatic rings. The van der Waals surface area contributed by atoms with Crippen LogP contribution in [-0.2, 0) is 0 Å². The summed E-state index contributed by atoms with van der Waals surface area (Å²) in [4.78, 5) is 11.9. The molecule has 1 aliphatic rings. The maximum absolute atomic E-state index is 13.4. The van der Waals surface area contributed by atoms with Crippen LogP contribution >= 0.6 is 11.8 Å². The quantitative estimate of drug-likeness (QED) is 0.804. The molecule has 0 bridgehead atoms. The van der Waals surface area contributed by atoms with E-state index in [0.29, 0.717) is 5.75 Å². The molecule has 1 N–H and O–H groups in total. The minimum absolute atomic E-state index is 0.167. The fraction of sp³-hybridized carbons (Fsp3) is 0.364. The number of carbonyl (C=O) groups excluding carboxylic acids is 1. The normalized spacial score (nSPS) is 20.8. The molecule has 16 heavy (non-hydrogen) atoms. The molecule has 2 nitrogen and oxygen atoms in total. The molecule has 1 fully saturated rings. The maximum atomic E-state index is 13.4. The van der Waals surface area contributed by atoms with Gasteiger partial charge in [-0.1, -0.05) is 6.07 Å². The minimum atomic E-state index is -1.05. The Morgan fingerprint density at radius 1 is 1.44 bits per heavy atom. The van der Waals surface area contributed by atoms with Crippen LogP contribution in [0.4, 0.5) is 8.78 Å². The van der Waals surface area contributed by atoms with E-state index in [0.717, 1.165) is 18.4 Å². The van der Waals surface area contributed by atoms with Gasteiger partial charge in [0.05, 0.1) is 11.6 Å². The molecule has 0 aliphatic carbocycles. The average molecular weight is 243 g/mol. The lowest BCUT2D eigenvalue weighted by atomic mass is 10.0. The Kier molecular flexibility index (Phi) is 3.56. The van der Waals surface area contributed by atoms with E-state index in [1.54, 1.807) is 11.8 Å².